The van der Waals surface area contributed by atoms with Gasteiger partial charge in [-0.3, -0.25) is 14.5 Å². The van der Waals surface area contributed by atoms with Crippen molar-refractivity contribution in [1.82, 2.24) is 15.5 Å². The van der Waals surface area contributed by atoms with Gasteiger partial charge in [0.2, 0.25) is 5.91 Å². The fourth-order valence-electron chi connectivity index (χ4n) is 2.46. The number of aliphatic hydroxyl groups is 1. The molecule has 0 saturated heterocycles. The number of hydrogen-bond donors (Lipinski definition) is 3. The van der Waals surface area contributed by atoms with Crippen molar-refractivity contribution in [2.24, 2.45) is 0 Å². The topological polar surface area (TPSA) is 162 Å². The molecular weight excluding hydrogens is 466 g/mol. The van der Waals surface area contributed by atoms with Crippen LogP contribution in [0, 0.1) is 0 Å². The minimum atomic E-state index is -0.630. The van der Waals surface area contributed by atoms with E-state index < -0.39 is 23.6 Å². The van der Waals surface area contributed by atoms with Crippen molar-refractivity contribution in [3.8, 4) is 0 Å². The van der Waals surface area contributed by atoms with Crippen LogP contribution >= 0.6 is 0 Å². The van der Waals surface area contributed by atoms with Gasteiger partial charge in [0, 0.05) is 26.2 Å². The van der Waals surface area contributed by atoms with Crippen LogP contribution < -0.4 is 10.6 Å². The van der Waals surface area contributed by atoms with Gasteiger partial charge in [0.25, 0.3) is 0 Å². The Morgan fingerprint density at radius 3 is 2.03 bits per heavy atom. The number of aliphatic hydroxyl groups excluding tert-OH is 1. The number of ketones is 1. The number of amides is 2. The van der Waals surface area contributed by atoms with Gasteiger partial charge in [0.15, 0.2) is 0 Å². The first-order chi connectivity index (χ1) is 16.5. The van der Waals surface area contributed by atoms with E-state index in [1.54, 1.807) is 25.7 Å². The molecule has 0 fully saturated rings. The van der Waals surface area contributed by atoms with Crippen LogP contribution in [-0.2, 0) is 38.1 Å². The lowest BCUT2D eigenvalue weighted by atomic mass is 10.2. The zero-order valence-electron chi connectivity index (χ0n) is 21.3. The zero-order chi connectivity index (χ0) is 26.5. The average Bonchev–Trinajstić information content (AvgIpc) is 2.73. The summed E-state index contributed by atoms with van der Waals surface area (Å²) in [5.41, 5.74) is -0.547. The molecule has 0 aromatic rings. The molecule has 0 bridgehead atoms. The van der Waals surface area contributed by atoms with E-state index in [4.69, 9.17) is 28.8 Å². The number of alkyl carbamates (subject to hydrolysis) is 1. The summed E-state index contributed by atoms with van der Waals surface area (Å²) in [5, 5.41) is 14.1. The molecule has 0 unspecified atom stereocenters. The summed E-state index contributed by atoms with van der Waals surface area (Å²) in [4.78, 5) is 47.5. The number of ether oxygens (including phenoxy) is 5. The predicted octanol–water partition coefficient (Wildman–Crippen LogP) is -0.896. The summed E-state index contributed by atoms with van der Waals surface area (Å²) in [5.74, 6) is -1.09. The molecule has 0 heterocycles. The molecule has 0 aliphatic heterocycles. The number of nitrogens with one attached hydrogen (secondary N) is 2. The average molecular weight is 508 g/mol. The third-order valence-electron chi connectivity index (χ3n) is 3.84. The first-order valence-electron chi connectivity index (χ1n) is 11.5. The first kappa shape index (κ1) is 32.7. The van der Waals surface area contributed by atoms with Crippen LogP contribution in [-0.4, -0.2) is 125 Å². The van der Waals surface area contributed by atoms with Gasteiger partial charge in [-0.15, -0.1) is 0 Å². The van der Waals surface area contributed by atoms with Crippen LogP contribution in [0.15, 0.2) is 0 Å². The molecule has 0 radical (unpaired) electrons. The first-order valence-corrected chi connectivity index (χ1v) is 11.5. The fourth-order valence-corrected chi connectivity index (χ4v) is 2.46. The maximum absolute atomic E-state index is 11.7. The maximum atomic E-state index is 11.7. The third-order valence-corrected chi connectivity index (χ3v) is 3.84. The van der Waals surface area contributed by atoms with Gasteiger partial charge in [0.05, 0.1) is 39.6 Å². The highest BCUT2D eigenvalue weighted by Gasteiger charge is 2.15. The lowest BCUT2D eigenvalue weighted by Crippen LogP contribution is -2.35. The molecular formula is C22H41N3O10. The van der Waals surface area contributed by atoms with Gasteiger partial charge in [-0.2, -0.15) is 0 Å². The van der Waals surface area contributed by atoms with Gasteiger partial charge in [0.1, 0.15) is 31.2 Å². The molecule has 0 saturated carbocycles. The van der Waals surface area contributed by atoms with Crippen molar-refractivity contribution < 1.29 is 48.0 Å². The van der Waals surface area contributed by atoms with Crippen molar-refractivity contribution in [3.63, 3.8) is 0 Å². The molecule has 0 aliphatic carbocycles. The Balaban J connectivity index is 3.58. The number of nitrogens with zero attached hydrogens (tertiary/aromatic N) is 1. The minimum absolute atomic E-state index is 0.0446. The van der Waals surface area contributed by atoms with E-state index >= 15 is 0 Å². The van der Waals surface area contributed by atoms with Crippen LogP contribution in [0.25, 0.3) is 0 Å². The Bertz CT molecular complexity index is 625. The van der Waals surface area contributed by atoms with Crippen LogP contribution in [0.5, 0.6) is 0 Å². The molecule has 0 rings (SSSR count). The number of carbonyl (C=O) groups excluding carboxylic acids is 4. The summed E-state index contributed by atoms with van der Waals surface area (Å²) >= 11 is 0. The summed E-state index contributed by atoms with van der Waals surface area (Å²) in [6.45, 7) is 8.66. The number of carbonyl (C=O) groups is 4. The second-order valence-electron chi connectivity index (χ2n) is 8.42. The molecule has 0 aromatic heterocycles. The summed E-state index contributed by atoms with van der Waals surface area (Å²) < 4.78 is 25.7. The highest BCUT2D eigenvalue weighted by atomic mass is 16.6. The Hall–Kier alpha value is -2.32. The Morgan fingerprint density at radius 2 is 1.46 bits per heavy atom. The molecule has 2 amide bonds. The van der Waals surface area contributed by atoms with Crippen LogP contribution in [0.1, 0.15) is 27.7 Å². The molecule has 13 heteroatoms. The van der Waals surface area contributed by atoms with Crippen LogP contribution in [0.2, 0.25) is 0 Å². The van der Waals surface area contributed by atoms with Crippen molar-refractivity contribution in [3.05, 3.63) is 0 Å². The molecule has 0 spiro atoms. The number of hydrogen-bond acceptors (Lipinski definition) is 11. The normalized spacial score (nSPS) is 11.3. The minimum Gasteiger partial charge on any atom is -0.463 e. The quantitative estimate of drug-likeness (QED) is 0.138. The van der Waals surface area contributed by atoms with Crippen molar-refractivity contribution >= 4 is 23.8 Å². The summed E-state index contributed by atoms with van der Waals surface area (Å²) in [6.07, 6.45) is -0.499. The van der Waals surface area contributed by atoms with Crippen molar-refractivity contribution in [2.75, 3.05) is 85.6 Å². The molecule has 35 heavy (non-hydrogen) atoms. The molecule has 204 valence electrons. The van der Waals surface area contributed by atoms with E-state index in [1.165, 1.54) is 6.92 Å². The third kappa shape index (κ3) is 23.2. The predicted molar refractivity (Wildman–Crippen MR) is 125 cm³/mol. The van der Waals surface area contributed by atoms with E-state index in [-0.39, 0.29) is 51.9 Å². The van der Waals surface area contributed by atoms with E-state index in [1.807, 2.05) is 0 Å². The number of Topliss-reactive ketones (excluding diaryl/α,β-unsaturated/α-hetero) is 1. The Kier molecular flexibility index (Phi) is 18.6. The number of rotatable bonds is 20. The van der Waals surface area contributed by atoms with E-state index in [0.717, 1.165) is 0 Å². The number of esters is 1. The fraction of sp³-hybridized carbons (Fsp3) is 0.818. The smallest absolute Gasteiger partial charge is 0.407 e. The van der Waals surface area contributed by atoms with E-state index in [0.29, 0.717) is 39.5 Å². The highest BCUT2D eigenvalue weighted by Crippen LogP contribution is 2.06. The molecule has 3 N–H and O–H groups in total. The van der Waals surface area contributed by atoms with Gasteiger partial charge >= 0.3 is 12.1 Å². The lowest BCUT2D eigenvalue weighted by molar-refractivity contribution is -0.150. The summed E-state index contributed by atoms with van der Waals surface area (Å²) in [6, 6.07) is 0. The second-order valence-corrected chi connectivity index (χ2v) is 8.42. The molecule has 0 atom stereocenters. The molecule has 0 aliphatic rings. The lowest BCUT2D eigenvalue weighted by Gasteiger charge is -2.19. The highest BCUT2D eigenvalue weighted by molar-refractivity contribution is 5.78. The van der Waals surface area contributed by atoms with Gasteiger partial charge in [-0.25, -0.2) is 9.59 Å². The van der Waals surface area contributed by atoms with Crippen molar-refractivity contribution in [1.29, 1.82) is 0 Å². The van der Waals surface area contributed by atoms with Crippen LogP contribution in [0.4, 0.5) is 4.79 Å². The second kappa shape index (κ2) is 19.9. The Morgan fingerprint density at radius 1 is 0.829 bits per heavy atom. The van der Waals surface area contributed by atoms with E-state index in [2.05, 4.69) is 10.6 Å². The summed E-state index contributed by atoms with van der Waals surface area (Å²) in [7, 11) is 0. The Labute approximate surface area is 206 Å². The van der Waals surface area contributed by atoms with E-state index in [9.17, 15) is 19.2 Å². The van der Waals surface area contributed by atoms with Crippen LogP contribution in [0.3, 0.4) is 0 Å². The largest absolute Gasteiger partial charge is 0.463 e. The van der Waals surface area contributed by atoms with Crippen molar-refractivity contribution in [2.45, 2.75) is 33.3 Å². The standard InChI is InChI=1S/C22H41N3O10/c1-18(27)15-25(7-9-26)8-12-34-20(29)17-33-16-19(28)23-5-10-31-13-14-32-11-6-24-21(30)35-22(2,3)4/h26H,5-17H2,1-4H3,(H,23,28)(H,24,30). The van der Waals surface area contributed by atoms with Gasteiger partial charge < -0.3 is 39.4 Å². The monoisotopic (exact) mass is 507 g/mol. The zero-order valence-corrected chi connectivity index (χ0v) is 21.3. The maximum Gasteiger partial charge on any atom is 0.407 e. The van der Waals surface area contributed by atoms with Gasteiger partial charge in [-0.05, 0) is 27.7 Å². The molecule has 13 nitrogen and oxygen atoms in total. The molecule has 0 aromatic carbocycles. The van der Waals surface area contributed by atoms with Gasteiger partial charge in [-0.1, -0.05) is 0 Å². The SMILES string of the molecule is CC(=O)CN(CCO)CCOC(=O)COCC(=O)NCCOCCOCCNC(=O)OC(C)(C)C.